The number of hydrogen-bond acceptors (Lipinski definition) is 5. The van der Waals surface area contributed by atoms with Crippen molar-refractivity contribution in [2.24, 2.45) is 0 Å². The van der Waals surface area contributed by atoms with Gasteiger partial charge in [-0.05, 0) is 6.07 Å². The van der Waals surface area contributed by atoms with Crippen molar-refractivity contribution in [3.63, 3.8) is 0 Å². The third-order valence-corrected chi connectivity index (χ3v) is 2.03. The minimum absolute atomic E-state index is 0.129. The van der Waals surface area contributed by atoms with Crippen molar-refractivity contribution in [2.75, 3.05) is 5.32 Å². The molecule has 0 unspecified atom stereocenters. The molecule has 0 saturated heterocycles. The SMILES string of the molecule is N#CC(C#N)=C(C#N)Nc1ccccc1CO. The maximum Gasteiger partial charge on any atom is 0.163 e. The number of nitrogens with zero attached hydrogens (tertiary/aromatic N) is 3. The molecule has 0 fully saturated rings. The summed E-state index contributed by atoms with van der Waals surface area (Å²) in [6.45, 7) is -0.198. The Labute approximate surface area is 98.5 Å². The molecule has 0 radical (unpaired) electrons. The molecule has 0 aliphatic carbocycles. The molecule has 0 saturated carbocycles. The van der Waals surface area contributed by atoms with Crippen LogP contribution >= 0.6 is 0 Å². The molecule has 1 rings (SSSR count). The zero-order chi connectivity index (χ0) is 12.7. The Hall–Kier alpha value is -2.81. The highest BCUT2D eigenvalue weighted by molar-refractivity contribution is 5.61. The van der Waals surface area contributed by atoms with Crippen molar-refractivity contribution >= 4 is 5.69 Å². The predicted octanol–water partition coefficient (Wildman–Crippen LogP) is 1.42. The smallest absolute Gasteiger partial charge is 0.163 e. The highest BCUT2D eigenvalue weighted by Gasteiger charge is 2.08. The summed E-state index contributed by atoms with van der Waals surface area (Å²) in [6.07, 6.45) is 0. The van der Waals surface area contributed by atoms with E-state index in [2.05, 4.69) is 5.32 Å². The van der Waals surface area contributed by atoms with Gasteiger partial charge in [-0.3, -0.25) is 0 Å². The van der Waals surface area contributed by atoms with Gasteiger partial charge in [0.05, 0.1) is 6.61 Å². The molecular weight excluding hydrogens is 216 g/mol. The van der Waals surface area contributed by atoms with Crippen LogP contribution in [-0.4, -0.2) is 5.11 Å². The van der Waals surface area contributed by atoms with Crippen LogP contribution in [0.3, 0.4) is 0 Å². The Bertz CT molecular complexity index is 553. The van der Waals surface area contributed by atoms with Gasteiger partial charge in [0.1, 0.15) is 23.9 Å². The normalized spacial score (nSPS) is 8.35. The van der Waals surface area contributed by atoms with Gasteiger partial charge in [-0.2, -0.15) is 15.8 Å². The average Bonchev–Trinajstić information content (AvgIpc) is 2.39. The lowest BCUT2D eigenvalue weighted by atomic mass is 10.1. The van der Waals surface area contributed by atoms with Crippen molar-refractivity contribution < 1.29 is 5.11 Å². The molecular formula is C12H8N4O. The molecule has 0 bridgehead atoms. The minimum atomic E-state index is -0.291. The predicted molar refractivity (Wildman–Crippen MR) is 59.9 cm³/mol. The first kappa shape index (κ1) is 12.3. The summed E-state index contributed by atoms with van der Waals surface area (Å²) in [6, 6.07) is 11.8. The Morgan fingerprint density at radius 2 is 1.76 bits per heavy atom. The fraction of sp³-hybridized carbons (Fsp3) is 0.0833. The van der Waals surface area contributed by atoms with Crippen LogP contribution in [-0.2, 0) is 6.61 Å². The standard InChI is InChI=1S/C12H8N4O/c13-5-10(6-14)12(7-15)16-11-4-2-1-3-9(11)8-17/h1-4,16-17H,8H2. The quantitative estimate of drug-likeness (QED) is 0.755. The molecule has 0 aliphatic heterocycles. The van der Waals surface area contributed by atoms with Crippen molar-refractivity contribution in [3.05, 3.63) is 41.1 Å². The Morgan fingerprint density at radius 3 is 2.29 bits per heavy atom. The second kappa shape index (κ2) is 5.92. The van der Waals surface area contributed by atoms with Crippen molar-refractivity contribution in [1.82, 2.24) is 0 Å². The molecule has 17 heavy (non-hydrogen) atoms. The molecule has 1 aromatic carbocycles. The molecule has 0 amide bonds. The first-order valence-corrected chi connectivity index (χ1v) is 4.67. The summed E-state index contributed by atoms with van der Waals surface area (Å²) < 4.78 is 0. The average molecular weight is 224 g/mol. The van der Waals surface area contributed by atoms with E-state index in [-0.39, 0.29) is 17.9 Å². The van der Waals surface area contributed by atoms with Crippen LogP contribution in [0.4, 0.5) is 5.69 Å². The number of nitrogens with one attached hydrogen (secondary N) is 1. The fourth-order valence-electron chi connectivity index (χ4n) is 1.20. The van der Waals surface area contributed by atoms with Gasteiger partial charge < -0.3 is 10.4 Å². The first-order valence-electron chi connectivity index (χ1n) is 4.67. The van der Waals surface area contributed by atoms with Crippen molar-refractivity contribution in [1.29, 1.82) is 15.8 Å². The third kappa shape index (κ3) is 2.82. The minimum Gasteiger partial charge on any atom is -0.392 e. The Kier molecular flexibility index (Phi) is 4.27. The van der Waals surface area contributed by atoms with E-state index in [0.717, 1.165) is 0 Å². The van der Waals surface area contributed by atoms with Crippen LogP contribution in [0.2, 0.25) is 0 Å². The molecule has 82 valence electrons. The zero-order valence-electron chi connectivity index (χ0n) is 8.81. The van der Waals surface area contributed by atoms with Gasteiger partial charge in [-0.25, -0.2) is 0 Å². The van der Waals surface area contributed by atoms with Gasteiger partial charge in [0.2, 0.25) is 0 Å². The van der Waals surface area contributed by atoms with E-state index < -0.39 is 0 Å². The molecule has 0 aromatic heterocycles. The maximum atomic E-state index is 9.09. The van der Waals surface area contributed by atoms with Crippen LogP contribution in [0.25, 0.3) is 0 Å². The van der Waals surface area contributed by atoms with Crippen LogP contribution < -0.4 is 5.32 Å². The maximum absolute atomic E-state index is 9.09. The molecule has 0 atom stereocenters. The lowest BCUT2D eigenvalue weighted by molar-refractivity contribution is 0.282. The molecule has 0 spiro atoms. The van der Waals surface area contributed by atoms with Crippen LogP contribution in [0.1, 0.15) is 5.56 Å². The van der Waals surface area contributed by atoms with Gasteiger partial charge in [-0.15, -0.1) is 0 Å². The largest absolute Gasteiger partial charge is 0.392 e. The lowest BCUT2D eigenvalue weighted by Gasteiger charge is -2.08. The van der Waals surface area contributed by atoms with E-state index in [4.69, 9.17) is 20.9 Å². The number of benzene rings is 1. The second-order valence-corrected chi connectivity index (χ2v) is 3.03. The summed E-state index contributed by atoms with van der Waals surface area (Å²) in [4.78, 5) is 0. The summed E-state index contributed by atoms with van der Waals surface area (Å²) in [5.74, 6) is 0. The van der Waals surface area contributed by atoms with Crippen LogP contribution in [0, 0.1) is 34.0 Å². The van der Waals surface area contributed by atoms with Crippen LogP contribution in [0.15, 0.2) is 35.5 Å². The van der Waals surface area contributed by atoms with Crippen LogP contribution in [0.5, 0.6) is 0 Å². The van der Waals surface area contributed by atoms with E-state index in [1.54, 1.807) is 42.5 Å². The number of allylic oxidation sites excluding steroid dienone is 2. The molecule has 5 nitrogen and oxygen atoms in total. The van der Waals surface area contributed by atoms with Gasteiger partial charge in [-0.1, -0.05) is 18.2 Å². The lowest BCUT2D eigenvalue weighted by Crippen LogP contribution is -2.03. The molecule has 0 heterocycles. The van der Waals surface area contributed by atoms with E-state index in [1.807, 2.05) is 0 Å². The van der Waals surface area contributed by atoms with Crippen molar-refractivity contribution in [2.45, 2.75) is 6.61 Å². The van der Waals surface area contributed by atoms with Gasteiger partial charge in [0.15, 0.2) is 5.57 Å². The van der Waals surface area contributed by atoms with Gasteiger partial charge in [0, 0.05) is 11.3 Å². The van der Waals surface area contributed by atoms with Gasteiger partial charge in [0.25, 0.3) is 0 Å². The monoisotopic (exact) mass is 224 g/mol. The second-order valence-electron chi connectivity index (χ2n) is 3.03. The number of hydrogen-bond donors (Lipinski definition) is 2. The highest BCUT2D eigenvalue weighted by atomic mass is 16.3. The van der Waals surface area contributed by atoms with E-state index in [9.17, 15) is 0 Å². The number of aliphatic hydroxyl groups excluding tert-OH is 1. The molecule has 0 aliphatic rings. The van der Waals surface area contributed by atoms with E-state index in [1.165, 1.54) is 0 Å². The number of para-hydroxylation sites is 1. The zero-order valence-corrected chi connectivity index (χ0v) is 8.81. The number of rotatable bonds is 3. The third-order valence-electron chi connectivity index (χ3n) is 2.03. The molecule has 2 N–H and O–H groups in total. The number of anilines is 1. The summed E-state index contributed by atoms with van der Waals surface area (Å²) >= 11 is 0. The van der Waals surface area contributed by atoms with Crippen molar-refractivity contribution in [3.8, 4) is 18.2 Å². The van der Waals surface area contributed by atoms with E-state index >= 15 is 0 Å². The topological polar surface area (TPSA) is 104 Å². The Balaban J connectivity index is 3.15. The number of aliphatic hydroxyl groups is 1. The van der Waals surface area contributed by atoms with E-state index in [0.29, 0.717) is 11.3 Å². The number of nitriles is 3. The fourth-order valence-corrected chi connectivity index (χ4v) is 1.20. The van der Waals surface area contributed by atoms with Gasteiger partial charge >= 0.3 is 0 Å². The molecule has 5 heteroatoms. The molecule has 1 aromatic rings. The highest BCUT2D eigenvalue weighted by Crippen LogP contribution is 2.17. The summed E-state index contributed by atoms with van der Waals surface area (Å²) in [7, 11) is 0. The first-order chi connectivity index (χ1) is 8.26. The summed E-state index contributed by atoms with van der Waals surface area (Å²) in [5.41, 5.74) is 0.654. The summed E-state index contributed by atoms with van der Waals surface area (Å²) in [5, 5.41) is 37.9. The Morgan fingerprint density at radius 1 is 1.12 bits per heavy atom.